The third-order valence-corrected chi connectivity index (χ3v) is 2.68. The molecule has 21 heavy (non-hydrogen) atoms. The van der Waals surface area contributed by atoms with Gasteiger partial charge in [-0.3, -0.25) is 10.2 Å². The molecule has 8 heteroatoms. The van der Waals surface area contributed by atoms with Gasteiger partial charge in [0.05, 0.1) is 6.61 Å². The molecule has 0 aliphatic carbocycles. The highest BCUT2D eigenvalue weighted by molar-refractivity contribution is 6.30. The molecule has 0 unspecified atom stereocenters. The molecule has 1 aromatic heterocycles. The molecule has 0 aliphatic rings. The zero-order valence-electron chi connectivity index (χ0n) is 11.1. The number of ether oxygens (including phenoxy) is 1. The zero-order chi connectivity index (χ0) is 15.2. The van der Waals surface area contributed by atoms with Crippen LogP contribution in [0, 0.1) is 0 Å². The van der Waals surface area contributed by atoms with Crippen LogP contribution in [0.5, 0.6) is 0 Å². The average molecular weight is 310 g/mol. The van der Waals surface area contributed by atoms with Crippen LogP contribution in [0.2, 0.25) is 5.02 Å². The molecule has 0 spiro atoms. The lowest BCUT2D eigenvalue weighted by atomic mass is 10.1. The third-order valence-electron chi connectivity index (χ3n) is 2.43. The van der Waals surface area contributed by atoms with Crippen LogP contribution in [0.25, 0.3) is 11.3 Å². The summed E-state index contributed by atoms with van der Waals surface area (Å²) < 4.78 is 9.66. The van der Waals surface area contributed by atoms with Gasteiger partial charge in [-0.2, -0.15) is 0 Å². The number of amides is 2. The molecule has 2 aromatic rings. The van der Waals surface area contributed by atoms with Gasteiger partial charge in [-0.05, 0) is 31.2 Å². The summed E-state index contributed by atoms with van der Waals surface area (Å²) in [6, 6.07) is 8.32. The van der Waals surface area contributed by atoms with Crippen molar-refractivity contribution in [3.8, 4) is 11.3 Å². The fraction of sp³-hybridized carbons (Fsp3) is 0.154. The minimum atomic E-state index is -0.757. The van der Waals surface area contributed by atoms with Crippen LogP contribution in [0.1, 0.15) is 17.4 Å². The Morgan fingerprint density at radius 1 is 1.29 bits per heavy atom. The lowest BCUT2D eigenvalue weighted by Gasteiger charge is -2.04. The SMILES string of the molecule is CCOC(=O)NNC(=O)c1cc(-c2ccc(Cl)cc2)on1. The average Bonchev–Trinajstić information content (AvgIpc) is 2.96. The van der Waals surface area contributed by atoms with Crippen LogP contribution in [0.3, 0.4) is 0 Å². The predicted molar refractivity (Wildman–Crippen MR) is 74.6 cm³/mol. The summed E-state index contributed by atoms with van der Waals surface area (Å²) in [5.74, 6) is -0.208. The molecule has 0 aliphatic heterocycles. The fourth-order valence-electron chi connectivity index (χ4n) is 1.47. The van der Waals surface area contributed by atoms with E-state index in [1.165, 1.54) is 6.07 Å². The van der Waals surface area contributed by atoms with Gasteiger partial charge in [-0.15, -0.1) is 0 Å². The maximum atomic E-state index is 11.7. The Hall–Kier alpha value is -2.54. The number of hydrogen-bond acceptors (Lipinski definition) is 5. The molecule has 0 saturated heterocycles. The highest BCUT2D eigenvalue weighted by Gasteiger charge is 2.14. The van der Waals surface area contributed by atoms with E-state index in [0.29, 0.717) is 10.8 Å². The minimum absolute atomic E-state index is 0.0248. The van der Waals surface area contributed by atoms with Crippen molar-refractivity contribution >= 4 is 23.6 Å². The summed E-state index contributed by atoms with van der Waals surface area (Å²) in [6.07, 6.45) is -0.757. The van der Waals surface area contributed by atoms with Gasteiger partial charge in [0.2, 0.25) is 0 Å². The smallest absolute Gasteiger partial charge is 0.426 e. The molecule has 2 amide bonds. The molecule has 0 fully saturated rings. The van der Waals surface area contributed by atoms with Crippen LogP contribution in [-0.2, 0) is 4.74 Å². The molecule has 1 heterocycles. The molecular weight excluding hydrogens is 298 g/mol. The first-order valence-electron chi connectivity index (χ1n) is 6.06. The standard InChI is InChI=1S/C13H12ClN3O4/c1-2-20-13(19)16-15-12(18)10-7-11(21-17-10)8-3-5-9(14)6-4-8/h3-7H,2H2,1H3,(H,15,18)(H,16,19). The number of hydrogen-bond donors (Lipinski definition) is 2. The second-order valence-corrected chi connectivity index (χ2v) is 4.32. The van der Waals surface area contributed by atoms with E-state index in [-0.39, 0.29) is 12.3 Å². The van der Waals surface area contributed by atoms with Crippen molar-refractivity contribution in [1.82, 2.24) is 16.0 Å². The number of nitrogens with one attached hydrogen (secondary N) is 2. The lowest BCUT2D eigenvalue weighted by Crippen LogP contribution is -2.42. The number of carbonyl (C=O) groups is 2. The van der Waals surface area contributed by atoms with Crippen LogP contribution in [-0.4, -0.2) is 23.8 Å². The van der Waals surface area contributed by atoms with E-state index >= 15 is 0 Å². The van der Waals surface area contributed by atoms with Crippen LogP contribution in [0.15, 0.2) is 34.9 Å². The van der Waals surface area contributed by atoms with Gasteiger partial charge in [-0.25, -0.2) is 10.2 Å². The van der Waals surface area contributed by atoms with Crippen molar-refractivity contribution in [2.45, 2.75) is 6.92 Å². The van der Waals surface area contributed by atoms with Crippen LogP contribution < -0.4 is 10.9 Å². The summed E-state index contributed by atoms with van der Waals surface area (Å²) in [4.78, 5) is 22.8. The highest BCUT2D eigenvalue weighted by Crippen LogP contribution is 2.22. The summed E-state index contributed by atoms with van der Waals surface area (Å²) in [7, 11) is 0. The van der Waals surface area contributed by atoms with Crippen LogP contribution in [0.4, 0.5) is 4.79 Å². The number of halogens is 1. The van der Waals surface area contributed by atoms with Crippen molar-refractivity contribution < 1.29 is 18.8 Å². The van der Waals surface area contributed by atoms with Gasteiger partial charge in [0.15, 0.2) is 11.5 Å². The number of hydrazine groups is 1. The summed E-state index contributed by atoms with van der Waals surface area (Å²) in [5.41, 5.74) is 4.98. The third kappa shape index (κ3) is 3.96. The number of benzene rings is 1. The van der Waals surface area contributed by atoms with E-state index in [1.54, 1.807) is 31.2 Å². The summed E-state index contributed by atoms with van der Waals surface area (Å²) in [5, 5.41) is 4.22. The van der Waals surface area contributed by atoms with Gasteiger partial charge in [0.1, 0.15) is 0 Å². The van der Waals surface area contributed by atoms with Gasteiger partial charge < -0.3 is 9.26 Å². The Morgan fingerprint density at radius 2 is 2.00 bits per heavy atom. The fourth-order valence-corrected chi connectivity index (χ4v) is 1.60. The number of carbonyl (C=O) groups excluding carboxylic acids is 2. The summed E-state index contributed by atoms with van der Waals surface area (Å²) in [6.45, 7) is 1.85. The van der Waals surface area contributed by atoms with Crippen molar-refractivity contribution in [2.75, 3.05) is 6.61 Å². The largest absolute Gasteiger partial charge is 0.449 e. The van der Waals surface area contributed by atoms with Crippen LogP contribution >= 0.6 is 11.6 Å². The Bertz CT molecular complexity index is 639. The van der Waals surface area contributed by atoms with Crippen molar-refractivity contribution in [2.24, 2.45) is 0 Å². The van der Waals surface area contributed by atoms with E-state index in [4.69, 9.17) is 16.1 Å². The predicted octanol–water partition coefficient (Wildman–Crippen LogP) is 2.39. The number of nitrogens with zero attached hydrogens (tertiary/aromatic N) is 1. The number of rotatable bonds is 3. The molecule has 110 valence electrons. The topological polar surface area (TPSA) is 93.5 Å². The second-order valence-electron chi connectivity index (χ2n) is 3.88. The molecule has 2 N–H and O–H groups in total. The van der Waals surface area contributed by atoms with E-state index in [9.17, 15) is 9.59 Å². The Balaban J connectivity index is 2.00. The minimum Gasteiger partial charge on any atom is -0.449 e. The van der Waals surface area contributed by atoms with E-state index in [2.05, 4.69) is 20.7 Å². The number of aromatic nitrogens is 1. The van der Waals surface area contributed by atoms with E-state index < -0.39 is 12.0 Å². The first-order chi connectivity index (χ1) is 10.1. The molecule has 7 nitrogen and oxygen atoms in total. The molecule has 0 atom stereocenters. The van der Waals surface area contributed by atoms with Gasteiger partial charge >= 0.3 is 6.09 Å². The molecule has 2 rings (SSSR count). The monoisotopic (exact) mass is 309 g/mol. The van der Waals surface area contributed by atoms with Crippen molar-refractivity contribution in [3.63, 3.8) is 0 Å². The molecular formula is C13H12ClN3O4. The highest BCUT2D eigenvalue weighted by atomic mass is 35.5. The van der Waals surface area contributed by atoms with Gasteiger partial charge in [-0.1, -0.05) is 16.8 Å². The summed E-state index contributed by atoms with van der Waals surface area (Å²) >= 11 is 5.79. The lowest BCUT2D eigenvalue weighted by molar-refractivity contribution is 0.0904. The maximum absolute atomic E-state index is 11.7. The quantitative estimate of drug-likeness (QED) is 0.849. The molecule has 0 radical (unpaired) electrons. The normalized spacial score (nSPS) is 10.0. The Labute approximate surface area is 125 Å². The first kappa shape index (κ1) is 14.9. The molecule has 1 aromatic carbocycles. The first-order valence-corrected chi connectivity index (χ1v) is 6.43. The van der Waals surface area contributed by atoms with Crippen molar-refractivity contribution in [1.29, 1.82) is 0 Å². The van der Waals surface area contributed by atoms with E-state index in [0.717, 1.165) is 5.56 Å². The Kier molecular flexibility index (Phi) is 4.78. The zero-order valence-corrected chi connectivity index (χ0v) is 11.8. The second kappa shape index (κ2) is 6.76. The molecule has 0 bridgehead atoms. The van der Waals surface area contributed by atoms with E-state index in [1.807, 2.05) is 0 Å². The van der Waals surface area contributed by atoms with Crippen molar-refractivity contribution in [3.05, 3.63) is 41.0 Å². The molecule has 0 saturated carbocycles. The Morgan fingerprint density at radius 3 is 2.67 bits per heavy atom. The maximum Gasteiger partial charge on any atom is 0.426 e. The van der Waals surface area contributed by atoms with Gasteiger partial charge in [0.25, 0.3) is 5.91 Å². The van der Waals surface area contributed by atoms with Gasteiger partial charge in [0, 0.05) is 16.7 Å².